The quantitative estimate of drug-likeness (QED) is 0.271. The van der Waals surface area contributed by atoms with Crippen molar-refractivity contribution in [1.82, 2.24) is 0 Å². The van der Waals surface area contributed by atoms with E-state index in [-0.39, 0.29) is 5.41 Å². The van der Waals surface area contributed by atoms with Crippen LogP contribution in [-0.2, 0) is 4.79 Å². The molecule has 0 bridgehead atoms. The van der Waals surface area contributed by atoms with Crippen LogP contribution in [0.2, 0.25) is 0 Å². The molecule has 0 unspecified atom stereocenters. The van der Waals surface area contributed by atoms with Crippen molar-refractivity contribution in [1.29, 1.82) is 0 Å². The lowest BCUT2D eigenvalue weighted by atomic mass is 9.99. The van der Waals surface area contributed by atoms with E-state index in [4.69, 9.17) is 0 Å². The van der Waals surface area contributed by atoms with Crippen LogP contribution in [0.15, 0.2) is 4.99 Å². The summed E-state index contributed by atoms with van der Waals surface area (Å²) in [5, 5.41) is 0. The highest BCUT2D eigenvalue weighted by Crippen LogP contribution is 2.09. The van der Waals surface area contributed by atoms with Crippen molar-refractivity contribution < 1.29 is 4.79 Å². The molecule has 2 heteroatoms. The molecule has 0 aromatic rings. The van der Waals surface area contributed by atoms with Gasteiger partial charge in [-0.25, -0.2) is 4.79 Å². The Morgan fingerprint density at radius 1 is 1.33 bits per heavy atom. The topological polar surface area (TPSA) is 29.4 Å². The average Bonchev–Trinajstić information content (AvgIpc) is 1.63. The number of aliphatic imine (C=N–C) groups is 1. The van der Waals surface area contributed by atoms with Gasteiger partial charge in [0.1, 0.15) is 0 Å². The van der Waals surface area contributed by atoms with Crippen molar-refractivity contribution in [3.05, 3.63) is 0 Å². The zero-order valence-electron chi connectivity index (χ0n) is 5.86. The summed E-state index contributed by atoms with van der Waals surface area (Å²) in [6.07, 6.45) is 1.34. The van der Waals surface area contributed by atoms with Crippen molar-refractivity contribution in [3.63, 3.8) is 0 Å². The van der Waals surface area contributed by atoms with Crippen molar-refractivity contribution >= 4 is 6.08 Å². The lowest BCUT2D eigenvalue weighted by Crippen LogP contribution is -1.98. The highest BCUT2D eigenvalue weighted by atomic mass is 16.1. The van der Waals surface area contributed by atoms with E-state index in [1.54, 1.807) is 0 Å². The standard InChI is InChI=1S/C7H9NO/c1-7(2,3)4-5-8-6-9/h1-3H3. The number of carbonyl (C=O) groups excluding carboxylic acids is 1. The van der Waals surface area contributed by atoms with Crippen LogP contribution in [0.1, 0.15) is 20.8 Å². The minimum Gasteiger partial charge on any atom is -0.210 e. The number of isocyanates is 1. The summed E-state index contributed by atoms with van der Waals surface area (Å²) in [7, 11) is 0. The van der Waals surface area contributed by atoms with Crippen LogP contribution in [-0.4, -0.2) is 6.08 Å². The van der Waals surface area contributed by atoms with Crippen LogP contribution >= 0.6 is 0 Å². The smallest absolute Gasteiger partial charge is 0.210 e. The Kier molecular flexibility index (Phi) is 2.70. The maximum absolute atomic E-state index is 9.50. The minimum absolute atomic E-state index is 0.0830. The van der Waals surface area contributed by atoms with Gasteiger partial charge >= 0.3 is 0 Å². The monoisotopic (exact) mass is 123 g/mol. The minimum atomic E-state index is -0.0830. The number of rotatable bonds is 0. The summed E-state index contributed by atoms with van der Waals surface area (Å²) in [6, 6.07) is 2.33. The predicted octanol–water partition coefficient (Wildman–Crippen LogP) is 1.33. The SMILES string of the molecule is CC(C)(C)C#CN=C=O. The molecular weight excluding hydrogens is 114 g/mol. The van der Waals surface area contributed by atoms with Gasteiger partial charge in [-0.05, 0) is 20.8 Å². The molecule has 0 N–H and O–H groups in total. The van der Waals surface area contributed by atoms with Gasteiger partial charge < -0.3 is 0 Å². The van der Waals surface area contributed by atoms with Gasteiger partial charge in [-0.1, -0.05) is 5.92 Å². The molecule has 0 aliphatic carbocycles. The molecule has 48 valence electrons. The van der Waals surface area contributed by atoms with Gasteiger partial charge in [0.15, 0.2) is 0 Å². The van der Waals surface area contributed by atoms with E-state index in [2.05, 4.69) is 17.0 Å². The van der Waals surface area contributed by atoms with Crippen LogP contribution in [0.4, 0.5) is 0 Å². The van der Waals surface area contributed by atoms with Gasteiger partial charge in [-0.15, -0.1) is 4.99 Å². The van der Waals surface area contributed by atoms with E-state index in [0.29, 0.717) is 0 Å². The second-order valence-electron chi connectivity index (χ2n) is 2.69. The summed E-state index contributed by atoms with van der Waals surface area (Å²) >= 11 is 0. The Morgan fingerprint density at radius 3 is 2.22 bits per heavy atom. The number of hydrogen-bond acceptors (Lipinski definition) is 2. The first-order valence-corrected chi connectivity index (χ1v) is 2.65. The first kappa shape index (κ1) is 7.94. The van der Waals surface area contributed by atoms with Gasteiger partial charge in [0.2, 0.25) is 6.08 Å². The van der Waals surface area contributed by atoms with Gasteiger partial charge in [0.05, 0.1) is 0 Å². The lowest BCUT2D eigenvalue weighted by molar-refractivity contribution is 0.564. The second-order valence-corrected chi connectivity index (χ2v) is 2.69. The van der Waals surface area contributed by atoms with Crippen molar-refractivity contribution in [2.45, 2.75) is 20.8 Å². The van der Waals surface area contributed by atoms with E-state index in [1.165, 1.54) is 6.08 Å². The molecule has 0 radical (unpaired) electrons. The molecule has 0 aromatic carbocycles. The van der Waals surface area contributed by atoms with Crippen LogP contribution in [0, 0.1) is 17.4 Å². The molecule has 0 amide bonds. The van der Waals surface area contributed by atoms with Gasteiger partial charge in [-0.2, -0.15) is 0 Å². The van der Waals surface area contributed by atoms with Crippen LogP contribution in [0.3, 0.4) is 0 Å². The lowest BCUT2D eigenvalue weighted by Gasteiger charge is -2.05. The molecule has 9 heavy (non-hydrogen) atoms. The summed E-state index contributed by atoms with van der Waals surface area (Å²) < 4.78 is 0. The Labute approximate surface area is 55.0 Å². The molecule has 2 nitrogen and oxygen atoms in total. The van der Waals surface area contributed by atoms with Crippen molar-refractivity contribution in [2.75, 3.05) is 0 Å². The van der Waals surface area contributed by atoms with E-state index in [9.17, 15) is 4.79 Å². The molecule has 0 saturated heterocycles. The fraction of sp³-hybridized carbons (Fsp3) is 0.571. The first-order chi connectivity index (χ1) is 4.06. The highest BCUT2D eigenvalue weighted by Gasteiger charge is 2.02. The highest BCUT2D eigenvalue weighted by molar-refractivity contribution is 5.36. The number of hydrogen-bond donors (Lipinski definition) is 0. The normalized spacial score (nSPS) is 8.78. The third-order valence-corrected chi connectivity index (χ3v) is 0.532. The fourth-order valence-electron chi connectivity index (χ4n) is 0.218. The second kappa shape index (κ2) is 3.06. The first-order valence-electron chi connectivity index (χ1n) is 2.65. The zero-order chi connectivity index (χ0) is 7.33. The average molecular weight is 123 g/mol. The van der Waals surface area contributed by atoms with E-state index in [0.717, 1.165) is 0 Å². The maximum atomic E-state index is 9.50. The summed E-state index contributed by atoms with van der Waals surface area (Å²) in [6.45, 7) is 5.83. The molecule has 0 aromatic heterocycles. The van der Waals surface area contributed by atoms with Crippen LogP contribution in [0.5, 0.6) is 0 Å². The number of nitrogens with zero attached hydrogens (tertiary/aromatic N) is 1. The van der Waals surface area contributed by atoms with Crippen LogP contribution < -0.4 is 0 Å². The maximum Gasteiger partial charge on any atom is 0.249 e. The Balaban J connectivity index is 4.03. The Bertz CT molecular complexity index is 183. The molecule has 0 aliphatic heterocycles. The summed E-state index contributed by atoms with van der Waals surface area (Å²) in [5.74, 6) is 2.74. The largest absolute Gasteiger partial charge is 0.249 e. The third-order valence-electron chi connectivity index (χ3n) is 0.532. The molecule has 0 rings (SSSR count). The molecule has 0 saturated carbocycles. The van der Waals surface area contributed by atoms with E-state index < -0.39 is 0 Å². The molecule has 0 fully saturated rings. The molecule has 0 heterocycles. The predicted molar refractivity (Wildman–Crippen MR) is 35.4 cm³/mol. The third kappa shape index (κ3) is 6.94. The van der Waals surface area contributed by atoms with Gasteiger partial charge in [-0.3, -0.25) is 0 Å². The summed E-state index contributed by atoms with van der Waals surface area (Å²) in [5.41, 5.74) is -0.0830. The molecule has 0 atom stereocenters. The molecular formula is C7H9NO. The Hall–Kier alpha value is -1.06. The molecule has 0 aliphatic rings. The van der Waals surface area contributed by atoms with E-state index >= 15 is 0 Å². The van der Waals surface area contributed by atoms with Gasteiger partial charge in [0.25, 0.3) is 0 Å². The fourth-order valence-corrected chi connectivity index (χ4v) is 0.218. The zero-order valence-corrected chi connectivity index (χ0v) is 5.86. The van der Waals surface area contributed by atoms with Crippen molar-refractivity contribution in [3.8, 4) is 12.0 Å². The van der Waals surface area contributed by atoms with Crippen molar-refractivity contribution in [2.24, 2.45) is 10.4 Å². The van der Waals surface area contributed by atoms with E-state index in [1.807, 2.05) is 20.8 Å². The molecule has 0 spiro atoms. The summed E-state index contributed by atoms with van der Waals surface area (Å²) in [4.78, 5) is 12.6. The Morgan fingerprint density at radius 2 is 1.89 bits per heavy atom. The van der Waals surface area contributed by atoms with Crippen LogP contribution in [0.25, 0.3) is 0 Å². The van der Waals surface area contributed by atoms with Gasteiger partial charge in [0, 0.05) is 11.5 Å².